The minimum Gasteiger partial charge on any atom is -0.398 e. The van der Waals surface area contributed by atoms with Crippen molar-refractivity contribution in [2.45, 2.75) is 6.54 Å². The van der Waals surface area contributed by atoms with Crippen LogP contribution in [0.5, 0.6) is 0 Å². The van der Waals surface area contributed by atoms with E-state index in [1.165, 1.54) is 0 Å². The van der Waals surface area contributed by atoms with Gasteiger partial charge in [-0.05, 0) is 29.8 Å². The first-order valence-corrected chi connectivity index (χ1v) is 6.85. The number of nitrogen functional groups attached to an aromatic ring is 1. The molecule has 2 aromatic carbocycles. The molecule has 4 rings (SSSR count). The highest BCUT2D eigenvalue weighted by molar-refractivity contribution is 5.92. The van der Waals surface area contributed by atoms with Crippen molar-refractivity contribution >= 4 is 27.5 Å². The van der Waals surface area contributed by atoms with Gasteiger partial charge in [0.1, 0.15) is 0 Å². The van der Waals surface area contributed by atoms with Crippen molar-refractivity contribution in [3.63, 3.8) is 0 Å². The van der Waals surface area contributed by atoms with E-state index in [1.807, 2.05) is 47.3 Å². The molecule has 2 aromatic heterocycles. The molecule has 0 radical (unpaired) electrons. The predicted molar refractivity (Wildman–Crippen MR) is 85.0 cm³/mol. The van der Waals surface area contributed by atoms with E-state index in [9.17, 15) is 0 Å². The molecule has 0 bridgehead atoms. The first kappa shape index (κ1) is 11.9. The third-order valence-electron chi connectivity index (χ3n) is 3.76. The van der Waals surface area contributed by atoms with E-state index in [4.69, 9.17) is 5.73 Å². The fourth-order valence-electron chi connectivity index (χ4n) is 2.69. The first-order valence-electron chi connectivity index (χ1n) is 6.85. The predicted octanol–water partition coefficient (Wildman–Crippen LogP) is 3.22. The number of benzene rings is 2. The fourth-order valence-corrected chi connectivity index (χ4v) is 2.69. The topological polar surface area (TPSA) is 56.7 Å². The molecule has 0 aliphatic carbocycles. The third kappa shape index (κ3) is 1.92. The normalized spacial score (nSPS) is 11.2. The van der Waals surface area contributed by atoms with Crippen LogP contribution in [0.1, 0.15) is 5.56 Å². The quantitative estimate of drug-likeness (QED) is 0.571. The zero-order valence-corrected chi connectivity index (χ0v) is 11.4. The number of pyridine rings is 1. The summed E-state index contributed by atoms with van der Waals surface area (Å²) in [5.41, 5.74) is 9.97. The summed E-state index contributed by atoms with van der Waals surface area (Å²) >= 11 is 0. The Bertz CT molecular complexity index is 940. The summed E-state index contributed by atoms with van der Waals surface area (Å²) in [6.45, 7) is 0.682. The Kier molecular flexibility index (Phi) is 2.60. The highest BCUT2D eigenvalue weighted by Crippen LogP contribution is 2.24. The summed E-state index contributed by atoms with van der Waals surface area (Å²) in [5.74, 6) is 0. The minimum atomic E-state index is 0.682. The summed E-state index contributed by atoms with van der Waals surface area (Å²) in [4.78, 5) is 4.48. The van der Waals surface area contributed by atoms with Crippen molar-refractivity contribution in [1.29, 1.82) is 0 Å². The maximum absolute atomic E-state index is 6.03. The molecule has 102 valence electrons. The maximum Gasteiger partial charge on any atom is 0.0773 e. The van der Waals surface area contributed by atoms with Crippen molar-refractivity contribution in [2.24, 2.45) is 0 Å². The highest BCUT2D eigenvalue weighted by Gasteiger charge is 2.08. The van der Waals surface area contributed by atoms with Crippen LogP contribution in [0, 0.1) is 0 Å². The van der Waals surface area contributed by atoms with E-state index in [-0.39, 0.29) is 0 Å². The molecule has 0 spiro atoms. The molecule has 0 unspecified atom stereocenters. The second-order valence-electron chi connectivity index (χ2n) is 5.07. The average molecular weight is 274 g/mol. The van der Waals surface area contributed by atoms with Crippen LogP contribution in [0.2, 0.25) is 0 Å². The van der Waals surface area contributed by atoms with E-state index in [1.54, 1.807) is 6.20 Å². The van der Waals surface area contributed by atoms with E-state index < -0.39 is 0 Å². The molecule has 21 heavy (non-hydrogen) atoms. The van der Waals surface area contributed by atoms with Gasteiger partial charge in [0.2, 0.25) is 0 Å². The first-order chi connectivity index (χ1) is 10.3. The van der Waals surface area contributed by atoms with E-state index in [2.05, 4.69) is 22.2 Å². The zero-order chi connectivity index (χ0) is 14.2. The molecule has 4 aromatic rings. The monoisotopic (exact) mass is 274 g/mol. The number of hydrogen-bond donors (Lipinski definition) is 1. The molecular formula is C17H14N4. The summed E-state index contributed by atoms with van der Waals surface area (Å²) in [5, 5.41) is 6.61. The van der Waals surface area contributed by atoms with Gasteiger partial charge in [-0.2, -0.15) is 5.10 Å². The SMILES string of the molecule is Nc1ccc(Cn2ncc3ccccc32)c2ncccc12. The van der Waals surface area contributed by atoms with Crippen molar-refractivity contribution in [3.8, 4) is 0 Å². The van der Waals surface area contributed by atoms with Gasteiger partial charge < -0.3 is 5.73 Å². The maximum atomic E-state index is 6.03. The summed E-state index contributed by atoms with van der Waals surface area (Å²) in [7, 11) is 0. The standard InChI is InChI=1S/C17H14N4/c18-15-8-7-13(17-14(15)5-3-9-19-17)11-21-16-6-2-1-4-12(16)10-20-21/h1-10H,11,18H2. The fraction of sp³-hybridized carbons (Fsp3) is 0.0588. The van der Waals surface area contributed by atoms with Gasteiger partial charge in [0, 0.05) is 22.7 Å². The number of hydrogen-bond acceptors (Lipinski definition) is 3. The van der Waals surface area contributed by atoms with Crippen LogP contribution in [-0.2, 0) is 6.54 Å². The van der Waals surface area contributed by atoms with Crippen LogP contribution in [0.4, 0.5) is 5.69 Å². The molecule has 4 nitrogen and oxygen atoms in total. The molecule has 0 amide bonds. The second-order valence-corrected chi connectivity index (χ2v) is 5.07. The molecule has 0 saturated carbocycles. The van der Waals surface area contributed by atoms with Gasteiger partial charge in [-0.25, -0.2) is 0 Å². The summed E-state index contributed by atoms with van der Waals surface area (Å²) in [6.07, 6.45) is 3.69. The molecule has 0 aliphatic rings. The summed E-state index contributed by atoms with van der Waals surface area (Å²) in [6, 6.07) is 16.1. The Morgan fingerprint density at radius 2 is 1.90 bits per heavy atom. The van der Waals surface area contributed by atoms with Gasteiger partial charge in [0.05, 0.1) is 23.8 Å². The largest absolute Gasteiger partial charge is 0.398 e. The van der Waals surface area contributed by atoms with E-state index in [0.29, 0.717) is 6.54 Å². The zero-order valence-electron chi connectivity index (χ0n) is 11.4. The molecule has 4 heteroatoms. The van der Waals surface area contributed by atoms with Crippen LogP contribution >= 0.6 is 0 Å². The van der Waals surface area contributed by atoms with Crippen molar-refractivity contribution in [3.05, 3.63) is 66.5 Å². The summed E-state index contributed by atoms with van der Waals surface area (Å²) < 4.78 is 2.00. The molecule has 2 N–H and O–H groups in total. The number of para-hydroxylation sites is 1. The van der Waals surface area contributed by atoms with Gasteiger partial charge in [0.15, 0.2) is 0 Å². The minimum absolute atomic E-state index is 0.682. The Morgan fingerprint density at radius 1 is 1.00 bits per heavy atom. The van der Waals surface area contributed by atoms with Crippen LogP contribution in [-0.4, -0.2) is 14.8 Å². The van der Waals surface area contributed by atoms with Crippen LogP contribution in [0.25, 0.3) is 21.8 Å². The lowest BCUT2D eigenvalue weighted by atomic mass is 10.1. The molecular weight excluding hydrogens is 260 g/mol. The van der Waals surface area contributed by atoms with Crippen molar-refractivity contribution < 1.29 is 0 Å². The molecule has 0 saturated heterocycles. The van der Waals surface area contributed by atoms with Gasteiger partial charge in [-0.15, -0.1) is 0 Å². The van der Waals surface area contributed by atoms with Crippen LogP contribution in [0.3, 0.4) is 0 Å². The second kappa shape index (κ2) is 4.59. The molecule has 2 heterocycles. The van der Waals surface area contributed by atoms with E-state index in [0.717, 1.165) is 33.1 Å². The number of rotatable bonds is 2. The third-order valence-corrected chi connectivity index (χ3v) is 3.76. The molecule has 0 fully saturated rings. The van der Waals surface area contributed by atoms with Crippen molar-refractivity contribution in [1.82, 2.24) is 14.8 Å². The highest BCUT2D eigenvalue weighted by atomic mass is 15.3. The van der Waals surface area contributed by atoms with Gasteiger partial charge >= 0.3 is 0 Å². The lowest BCUT2D eigenvalue weighted by Gasteiger charge is -2.09. The van der Waals surface area contributed by atoms with Gasteiger partial charge in [-0.1, -0.05) is 24.3 Å². The molecule has 0 aliphatic heterocycles. The van der Waals surface area contributed by atoms with Gasteiger partial charge in [-0.3, -0.25) is 9.67 Å². The number of fused-ring (bicyclic) bond motifs is 2. The molecule has 0 atom stereocenters. The Morgan fingerprint density at radius 3 is 2.86 bits per heavy atom. The average Bonchev–Trinajstić information content (AvgIpc) is 2.94. The number of nitrogens with two attached hydrogens (primary N) is 1. The van der Waals surface area contributed by atoms with Crippen LogP contribution in [0.15, 0.2) is 60.9 Å². The van der Waals surface area contributed by atoms with Crippen LogP contribution < -0.4 is 5.73 Å². The van der Waals surface area contributed by atoms with Gasteiger partial charge in [0.25, 0.3) is 0 Å². The smallest absolute Gasteiger partial charge is 0.0773 e. The number of anilines is 1. The number of aromatic nitrogens is 3. The lowest BCUT2D eigenvalue weighted by Crippen LogP contribution is -2.03. The Hall–Kier alpha value is -2.88. The van der Waals surface area contributed by atoms with Crippen molar-refractivity contribution in [2.75, 3.05) is 5.73 Å². The number of nitrogens with zero attached hydrogens (tertiary/aromatic N) is 3. The Balaban J connectivity index is 1.86. The van der Waals surface area contributed by atoms with E-state index >= 15 is 0 Å². The lowest BCUT2D eigenvalue weighted by molar-refractivity contribution is 0.715. The Labute approximate surface area is 121 Å².